The molecular formula is C27H27N3O3S. The zero-order chi connectivity index (χ0) is 23.8. The van der Waals surface area contributed by atoms with E-state index in [0.717, 1.165) is 17.7 Å². The molecule has 34 heavy (non-hydrogen) atoms. The summed E-state index contributed by atoms with van der Waals surface area (Å²) >= 11 is 1.27. The van der Waals surface area contributed by atoms with Gasteiger partial charge in [-0.2, -0.15) is 0 Å². The number of amides is 1. The van der Waals surface area contributed by atoms with Gasteiger partial charge in [0.2, 0.25) is 5.91 Å². The normalized spacial score (nSPS) is 11.0. The molecule has 0 spiro atoms. The number of rotatable bonds is 10. The van der Waals surface area contributed by atoms with Gasteiger partial charge in [0.25, 0.3) is 5.56 Å². The number of benzene rings is 3. The smallest absolute Gasteiger partial charge is 0.262 e. The number of carbonyl (C=O) groups excluding carboxylic acids is 1. The first-order valence-corrected chi connectivity index (χ1v) is 12.2. The Morgan fingerprint density at radius 1 is 1.00 bits per heavy atom. The van der Waals surface area contributed by atoms with Crippen molar-refractivity contribution in [2.45, 2.75) is 24.5 Å². The molecule has 0 aliphatic heterocycles. The molecule has 0 atom stereocenters. The molecule has 1 amide bonds. The van der Waals surface area contributed by atoms with Crippen molar-refractivity contribution < 1.29 is 9.53 Å². The summed E-state index contributed by atoms with van der Waals surface area (Å²) in [5.41, 5.74) is 3.55. The predicted octanol–water partition coefficient (Wildman–Crippen LogP) is 4.75. The highest BCUT2D eigenvalue weighted by Crippen LogP contribution is 2.22. The average molecular weight is 474 g/mol. The summed E-state index contributed by atoms with van der Waals surface area (Å²) in [6.45, 7) is 1.02. The largest absolute Gasteiger partial charge is 0.385 e. The Balaban J connectivity index is 1.49. The Kier molecular flexibility index (Phi) is 8.12. The van der Waals surface area contributed by atoms with Crippen molar-refractivity contribution in [3.05, 3.63) is 100 Å². The molecule has 3 aromatic carbocycles. The van der Waals surface area contributed by atoms with Gasteiger partial charge in [0, 0.05) is 25.9 Å². The second kappa shape index (κ2) is 11.6. The molecule has 0 saturated heterocycles. The molecule has 0 fully saturated rings. The first-order valence-electron chi connectivity index (χ1n) is 11.2. The second-order valence-electron chi connectivity index (χ2n) is 7.87. The number of nitrogens with zero attached hydrogens (tertiary/aromatic N) is 2. The Hall–Kier alpha value is -3.42. The summed E-state index contributed by atoms with van der Waals surface area (Å²) in [7, 11) is 1.64. The molecule has 0 aliphatic rings. The molecular weight excluding hydrogens is 446 g/mol. The SMILES string of the molecule is COCCCn1c(SCC(=O)Nc2ccccc2Cc2ccccc2)nc2ccccc2c1=O. The van der Waals surface area contributed by atoms with Crippen molar-refractivity contribution in [2.24, 2.45) is 0 Å². The highest BCUT2D eigenvalue weighted by atomic mass is 32.2. The number of aromatic nitrogens is 2. The van der Waals surface area contributed by atoms with E-state index < -0.39 is 0 Å². The van der Waals surface area contributed by atoms with E-state index >= 15 is 0 Å². The van der Waals surface area contributed by atoms with Gasteiger partial charge < -0.3 is 10.1 Å². The van der Waals surface area contributed by atoms with Gasteiger partial charge in [-0.15, -0.1) is 0 Å². The molecule has 0 saturated carbocycles. The quantitative estimate of drug-likeness (QED) is 0.204. The van der Waals surface area contributed by atoms with Crippen molar-refractivity contribution in [1.29, 1.82) is 0 Å². The topological polar surface area (TPSA) is 73.2 Å². The van der Waals surface area contributed by atoms with Crippen LogP contribution in [0.5, 0.6) is 0 Å². The maximum Gasteiger partial charge on any atom is 0.262 e. The van der Waals surface area contributed by atoms with Gasteiger partial charge in [0.1, 0.15) is 0 Å². The van der Waals surface area contributed by atoms with E-state index in [4.69, 9.17) is 4.74 Å². The minimum Gasteiger partial charge on any atom is -0.385 e. The van der Waals surface area contributed by atoms with Crippen molar-refractivity contribution in [3.63, 3.8) is 0 Å². The van der Waals surface area contributed by atoms with E-state index in [1.807, 2.05) is 60.7 Å². The number of carbonyl (C=O) groups is 1. The zero-order valence-corrected chi connectivity index (χ0v) is 19.9. The van der Waals surface area contributed by atoms with Gasteiger partial charge in [-0.3, -0.25) is 14.2 Å². The maximum absolute atomic E-state index is 13.1. The molecule has 4 aromatic rings. The summed E-state index contributed by atoms with van der Waals surface area (Å²) in [5, 5.41) is 4.14. The van der Waals surface area contributed by atoms with Crippen LogP contribution in [0, 0.1) is 0 Å². The summed E-state index contributed by atoms with van der Waals surface area (Å²) < 4.78 is 6.78. The minimum atomic E-state index is -0.142. The van der Waals surface area contributed by atoms with E-state index in [2.05, 4.69) is 22.4 Å². The van der Waals surface area contributed by atoms with Crippen LogP contribution in [-0.4, -0.2) is 34.9 Å². The van der Waals surface area contributed by atoms with Crippen LogP contribution >= 0.6 is 11.8 Å². The number of anilines is 1. The van der Waals surface area contributed by atoms with Crippen LogP contribution in [0.3, 0.4) is 0 Å². The lowest BCUT2D eigenvalue weighted by atomic mass is 10.0. The molecule has 0 bridgehead atoms. The van der Waals surface area contributed by atoms with E-state index in [1.165, 1.54) is 17.3 Å². The molecule has 1 aromatic heterocycles. The lowest BCUT2D eigenvalue weighted by Crippen LogP contribution is -2.25. The number of hydrogen-bond donors (Lipinski definition) is 1. The fourth-order valence-corrected chi connectivity index (χ4v) is 4.58. The van der Waals surface area contributed by atoms with Crippen LogP contribution in [-0.2, 0) is 22.5 Å². The number of ether oxygens (including phenoxy) is 1. The maximum atomic E-state index is 13.1. The molecule has 0 radical (unpaired) electrons. The molecule has 7 heteroatoms. The molecule has 1 heterocycles. The second-order valence-corrected chi connectivity index (χ2v) is 8.81. The first-order chi connectivity index (χ1) is 16.7. The third-order valence-electron chi connectivity index (χ3n) is 5.42. The van der Waals surface area contributed by atoms with Crippen LogP contribution in [0.1, 0.15) is 17.5 Å². The summed E-state index contributed by atoms with van der Waals surface area (Å²) in [6.07, 6.45) is 1.42. The monoisotopic (exact) mass is 473 g/mol. The number of para-hydroxylation sites is 2. The van der Waals surface area contributed by atoms with E-state index in [-0.39, 0.29) is 17.2 Å². The fraction of sp³-hybridized carbons (Fsp3) is 0.222. The number of fused-ring (bicyclic) bond motifs is 1. The Labute approximate surface area is 203 Å². The Bertz CT molecular complexity index is 1320. The number of hydrogen-bond acceptors (Lipinski definition) is 5. The van der Waals surface area contributed by atoms with Gasteiger partial charge in [0.05, 0.1) is 16.7 Å². The van der Waals surface area contributed by atoms with Crippen LogP contribution in [0.2, 0.25) is 0 Å². The number of nitrogens with one attached hydrogen (secondary N) is 1. The molecule has 1 N–H and O–H groups in total. The van der Waals surface area contributed by atoms with E-state index in [0.29, 0.717) is 35.6 Å². The van der Waals surface area contributed by atoms with Crippen molar-refractivity contribution in [1.82, 2.24) is 9.55 Å². The highest BCUT2D eigenvalue weighted by Gasteiger charge is 2.14. The molecule has 0 aliphatic carbocycles. The Morgan fingerprint density at radius 2 is 1.74 bits per heavy atom. The molecule has 4 rings (SSSR count). The van der Waals surface area contributed by atoms with Crippen LogP contribution in [0.4, 0.5) is 5.69 Å². The highest BCUT2D eigenvalue weighted by molar-refractivity contribution is 7.99. The number of methoxy groups -OCH3 is 1. The predicted molar refractivity (Wildman–Crippen MR) is 138 cm³/mol. The first kappa shape index (κ1) is 23.7. The minimum absolute atomic E-state index is 0.0992. The molecule has 0 unspecified atom stereocenters. The Morgan fingerprint density at radius 3 is 2.56 bits per heavy atom. The third-order valence-corrected chi connectivity index (χ3v) is 6.39. The van der Waals surface area contributed by atoms with Gasteiger partial charge in [-0.05, 0) is 42.2 Å². The van der Waals surface area contributed by atoms with Crippen molar-refractivity contribution in [3.8, 4) is 0 Å². The third kappa shape index (κ3) is 5.92. The number of thioether (sulfide) groups is 1. The summed E-state index contributed by atoms with van der Waals surface area (Å²) in [6, 6.07) is 25.3. The van der Waals surface area contributed by atoms with Gasteiger partial charge >= 0.3 is 0 Å². The van der Waals surface area contributed by atoms with Crippen molar-refractivity contribution >= 4 is 34.3 Å². The lowest BCUT2D eigenvalue weighted by Gasteiger charge is -2.14. The summed E-state index contributed by atoms with van der Waals surface area (Å²) in [4.78, 5) is 30.6. The van der Waals surface area contributed by atoms with E-state index in [1.54, 1.807) is 17.7 Å². The van der Waals surface area contributed by atoms with Crippen molar-refractivity contribution in [2.75, 3.05) is 24.8 Å². The van der Waals surface area contributed by atoms with Crippen LogP contribution in [0.25, 0.3) is 10.9 Å². The standard InChI is InChI=1S/C27H27N3O3S/c1-33-17-9-16-30-26(32)22-13-6-8-15-24(22)29-27(30)34-19-25(31)28-23-14-7-5-12-21(23)18-20-10-3-2-4-11-20/h2-8,10-15H,9,16-19H2,1H3,(H,28,31). The van der Waals surface area contributed by atoms with Gasteiger partial charge in [-0.1, -0.05) is 72.4 Å². The lowest BCUT2D eigenvalue weighted by molar-refractivity contribution is -0.113. The van der Waals surface area contributed by atoms with Gasteiger partial charge in [0.15, 0.2) is 5.16 Å². The van der Waals surface area contributed by atoms with Crippen LogP contribution < -0.4 is 10.9 Å². The zero-order valence-electron chi connectivity index (χ0n) is 19.1. The average Bonchev–Trinajstić information content (AvgIpc) is 2.86. The molecule has 6 nitrogen and oxygen atoms in total. The fourth-order valence-electron chi connectivity index (χ4n) is 3.75. The van der Waals surface area contributed by atoms with E-state index in [9.17, 15) is 9.59 Å². The summed E-state index contributed by atoms with van der Waals surface area (Å²) in [5.74, 6) is 0.00529. The van der Waals surface area contributed by atoms with Gasteiger partial charge in [-0.25, -0.2) is 4.98 Å². The van der Waals surface area contributed by atoms with Crippen LogP contribution in [0.15, 0.2) is 88.8 Å². The molecule has 174 valence electrons.